The molecular weight excluding hydrogens is 655 g/mol. The summed E-state index contributed by atoms with van der Waals surface area (Å²) in [6.45, 7) is -13.1. The number of anilines is 1. The van der Waals surface area contributed by atoms with E-state index in [0.29, 0.717) is 22.5 Å². The first-order valence-corrected chi connectivity index (χ1v) is 20.2. The number of thiol groups is 2. The van der Waals surface area contributed by atoms with Gasteiger partial charge < -0.3 is 35.5 Å². The Kier molecular flexibility index (Phi) is 10.7. The molecular formula is C16H28N7O11P3S3. The van der Waals surface area contributed by atoms with Crippen LogP contribution in [0.4, 0.5) is 5.82 Å². The lowest BCUT2D eigenvalue weighted by Gasteiger charge is -2.25. The summed E-state index contributed by atoms with van der Waals surface area (Å²) in [5, 5.41) is 12.1. The Morgan fingerprint density at radius 1 is 1.15 bits per heavy atom. The van der Waals surface area contributed by atoms with Crippen molar-refractivity contribution in [3.05, 3.63) is 12.7 Å². The molecule has 0 amide bonds. The van der Waals surface area contributed by atoms with E-state index in [1.165, 1.54) is 18.9 Å². The highest BCUT2D eigenvalue weighted by atomic mass is 32.7. The largest absolute Gasteiger partial charge is 0.413 e. The average molecular weight is 684 g/mol. The number of hydrogen-bond donors (Lipinski definition) is 7. The summed E-state index contributed by atoms with van der Waals surface area (Å²) in [6, 6.07) is 0. The van der Waals surface area contributed by atoms with Crippen molar-refractivity contribution < 1.29 is 51.6 Å². The van der Waals surface area contributed by atoms with Crippen LogP contribution in [-0.2, 0) is 41.6 Å². The van der Waals surface area contributed by atoms with Gasteiger partial charge in [0.05, 0.1) is 31.2 Å². The Labute approximate surface area is 242 Å². The van der Waals surface area contributed by atoms with Gasteiger partial charge in [-0.1, -0.05) is 24.5 Å². The number of nitrogens with zero attached hydrogens (tertiary/aromatic N) is 4. The fraction of sp³-hybridized carbons (Fsp3) is 0.688. The monoisotopic (exact) mass is 683 g/mol. The molecule has 0 spiro atoms. The first-order valence-electron chi connectivity index (χ1n) is 11.4. The highest BCUT2D eigenvalue weighted by molar-refractivity contribution is 8.54. The van der Waals surface area contributed by atoms with Crippen LogP contribution >= 0.6 is 56.2 Å². The van der Waals surface area contributed by atoms with Gasteiger partial charge in [0, 0.05) is 19.4 Å². The first-order chi connectivity index (χ1) is 18.7. The van der Waals surface area contributed by atoms with Crippen molar-refractivity contribution in [3.63, 3.8) is 0 Å². The molecule has 2 fully saturated rings. The zero-order chi connectivity index (χ0) is 29.3. The standard InChI is InChI=1S/C16H28N7O11P3S3/c1-40-36(26,27)33-34-37(28,39)32-9-3-13(23-7-21-14-15(18)19-6-20-16(14)23)30-10(9)4-22-35(25,38)31-8-2-12(17)29-11(8)5-24/h6-13,24H,2-5,17H2,1H3,(H,26,27)(H,28,39)(H2,18,19,20)(H2,22,25,38)/t8?,9?,10-,11-,12-,13-,35?,37?/m1/s1. The second kappa shape index (κ2) is 13.1. The van der Waals surface area contributed by atoms with E-state index in [9.17, 15) is 23.7 Å². The van der Waals surface area contributed by atoms with Crippen LogP contribution < -0.4 is 16.6 Å². The predicted molar refractivity (Wildman–Crippen MR) is 149 cm³/mol. The van der Waals surface area contributed by atoms with Gasteiger partial charge in [0.25, 0.3) is 0 Å². The highest BCUT2D eigenvalue weighted by Crippen LogP contribution is 2.63. The molecule has 2 aliphatic heterocycles. The maximum atomic E-state index is 13.1. The molecule has 0 bridgehead atoms. The van der Waals surface area contributed by atoms with Crippen molar-refractivity contribution in [3.8, 4) is 0 Å². The molecule has 0 radical (unpaired) electrons. The van der Waals surface area contributed by atoms with Gasteiger partial charge in [-0.3, -0.25) is 13.7 Å². The maximum Gasteiger partial charge on any atom is 0.413 e. The summed E-state index contributed by atoms with van der Waals surface area (Å²) < 4.78 is 70.6. The van der Waals surface area contributed by atoms with Crippen molar-refractivity contribution in [2.45, 2.75) is 49.7 Å². The number of rotatable bonds is 13. The molecule has 2 saturated heterocycles. The molecule has 9 atom stereocenters. The number of aliphatic hydroxyl groups excluding tert-OH is 1. The Morgan fingerprint density at radius 3 is 2.58 bits per heavy atom. The van der Waals surface area contributed by atoms with Gasteiger partial charge >= 0.3 is 20.3 Å². The van der Waals surface area contributed by atoms with Crippen molar-refractivity contribution in [2.75, 3.05) is 25.1 Å². The number of nitrogens with one attached hydrogen (secondary N) is 1. The second-order valence-electron chi connectivity index (χ2n) is 8.52. The Bertz CT molecular complexity index is 1340. The van der Waals surface area contributed by atoms with Crippen LogP contribution in [0.25, 0.3) is 11.2 Å². The van der Waals surface area contributed by atoms with Crippen molar-refractivity contribution in [2.24, 2.45) is 5.73 Å². The third-order valence-electron chi connectivity index (χ3n) is 5.78. The summed E-state index contributed by atoms with van der Waals surface area (Å²) in [5.74, 6) is 0.144. The van der Waals surface area contributed by atoms with Gasteiger partial charge in [-0.05, 0) is 17.6 Å². The molecule has 7 N–H and O–H groups in total. The van der Waals surface area contributed by atoms with E-state index in [0.717, 1.165) is 0 Å². The number of ether oxygens (including phenoxy) is 2. The minimum absolute atomic E-state index is 0.0184. The summed E-state index contributed by atoms with van der Waals surface area (Å²) in [7, 11) is 0. The zero-order valence-corrected chi connectivity index (χ0v) is 25.9. The Morgan fingerprint density at radius 2 is 1.88 bits per heavy atom. The SMILES string of the molecule is CSP(=O)(O)OOP(=O)(S)OC1C[C@H](n2cnc3c(N)ncnc32)O[C@@H]1CNP(=O)(S)OC1C[C@H](N)O[C@@H]1CO. The number of aliphatic hydroxyl groups is 1. The summed E-state index contributed by atoms with van der Waals surface area (Å²) in [4.78, 5) is 21.8. The molecule has 4 rings (SSSR count). The smallest absolute Gasteiger partial charge is 0.394 e. The highest BCUT2D eigenvalue weighted by Gasteiger charge is 2.44. The number of fused-ring (bicyclic) bond motifs is 1. The van der Waals surface area contributed by atoms with Crippen molar-refractivity contribution in [1.82, 2.24) is 24.6 Å². The van der Waals surface area contributed by atoms with Crippen LogP contribution in [0.15, 0.2) is 12.7 Å². The van der Waals surface area contributed by atoms with E-state index >= 15 is 0 Å². The van der Waals surface area contributed by atoms with Gasteiger partial charge in [0.2, 0.25) is 0 Å². The van der Waals surface area contributed by atoms with Crippen LogP contribution in [0.2, 0.25) is 0 Å². The van der Waals surface area contributed by atoms with Gasteiger partial charge in [0.15, 0.2) is 11.5 Å². The number of imidazole rings is 1. The molecule has 2 aromatic heterocycles. The Balaban J connectivity index is 1.50. The summed E-state index contributed by atoms with van der Waals surface area (Å²) in [6.07, 6.45) is -1.00. The zero-order valence-electron chi connectivity index (χ0n) is 20.6. The van der Waals surface area contributed by atoms with Crippen LogP contribution in [0, 0.1) is 0 Å². The lowest BCUT2D eigenvalue weighted by atomic mass is 10.2. The molecule has 18 nitrogen and oxygen atoms in total. The van der Waals surface area contributed by atoms with Gasteiger partial charge in [-0.2, -0.15) is 0 Å². The fourth-order valence-electron chi connectivity index (χ4n) is 4.00. The van der Waals surface area contributed by atoms with E-state index in [2.05, 4.69) is 53.9 Å². The van der Waals surface area contributed by atoms with Gasteiger partial charge in [0.1, 0.15) is 30.4 Å². The van der Waals surface area contributed by atoms with E-state index in [4.69, 9.17) is 30.0 Å². The maximum absolute atomic E-state index is 13.1. The third-order valence-corrected chi connectivity index (χ3v) is 11.3. The second-order valence-corrected chi connectivity index (χ2v) is 18.4. The van der Waals surface area contributed by atoms with Crippen molar-refractivity contribution >= 4 is 73.2 Å². The lowest BCUT2D eigenvalue weighted by Crippen LogP contribution is -2.34. The lowest BCUT2D eigenvalue weighted by molar-refractivity contribution is -0.116. The predicted octanol–water partition coefficient (Wildman–Crippen LogP) is 1.61. The van der Waals surface area contributed by atoms with Gasteiger partial charge in [-0.25, -0.2) is 29.2 Å². The summed E-state index contributed by atoms with van der Waals surface area (Å²) in [5.41, 5.74) is 12.3. The van der Waals surface area contributed by atoms with E-state index in [-0.39, 0.29) is 25.2 Å². The number of aromatic nitrogens is 4. The van der Waals surface area contributed by atoms with E-state index in [1.807, 2.05) is 0 Å². The first kappa shape index (κ1) is 32.6. The molecule has 4 heterocycles. The normalized spacial score (nSPS) is 31.6. The third kappa shape index (κ3) is 8.19. The Hall–Kier alpha value is -0.310. The molecule has 0 aliphatic carbocycles. The average Bonchev–Trinajstić information content (AvgIpc) is 3.58. The molecule has 2 aromatic rings. The van der Waals surface area contributed by atoms with E-state index < -0.39 is 63.8 Å². The molecule has 0 aromatic carbocycles. The number of hydrogen-bond acceptors (Lipinski definition) is 16. The fourth-order valence-corrected chi connectivity index (χ4v) is 8.07. The van der Waals surface area contributed by atoms with Crippen LogP contribution in [0.5, 0.6) is 0 Å². The summed E-state index contributed by atoms with van der Waals surface area (Å²) >= 11 is 8.37. The number of nitrogens with two attached hydrogens (primary N) is 2. The molecule has 40 heavy (non-hydrogen) atoms. The van der Waals surface area contributed by atoms with Crippen LogP contribution in [0.1, 0.15) is 19.1 Å². The van der Waals surface area contributed by atoms with Crippen molar-refractivity contribution in [1.29, 1.82) is 0 Å². The minimum Gasteiger partial charge on any atom is -0.394 e. The minimum atomic E-state index is -4.38. The van der Waals surface area contributed by atoms with Crippen LogP contribution in [-0.4, -0.2) is 79.6 Å². The molecule has 24 heteroatoms. The molecule has 226 valence electrons. The van der Waals surface area contributed by atoms with Gasteiger partial charge in [-0.15, -0.1) is 9.35 Å². The van der Waals surface area contributed by atoms with E-state index in [1.54, 1.807) is 4.57 Å². The molecule has 0 saturated carbocycles. The van der Waals surface area contributed by atoms with Crippen LogP contribution in [0.3, 0.4) is 0 Å². The topological polar surface area (TPSA) is 255 Å². The molecule has 2 aliphatic rings. The quantitative estimate of drug-likeness (QED) is 0.0685. The molecule has 5 unspecified atom stereocenters. The number of nitrogen functional groups attached to an aromatic ring is 1.